The maximum atomic E-state index is 12.4. The van der Waals surface area contributed by atoms with Gasteiger partial charge >= 0.3 is 5.97 Å². The summed E-state index contributed by atoms with van der Waals surface area (Å²) in [5.74, 6) is -0.542. The van der Waals surface area contributed by atoms with Gasteiger partial charge in [0.2, 0.25) is 5.91 Å². The molecule has 2 heterocycles. The van der Waals surface area contributed by atoms with Crippen LogP contribution >= 0.6 is 0 Å². The van der Waals surface area contributed by atoms with Crippen LogP contribution in [0.3, 0.4) is 0 Å². The molecule has 3 rings (SSSR count). The monoisotopic (exact) mass is 331 g/mol. The summed E-state index contributed by atoms with van der Waals surface area (Å²) in [6.45, 7) is 4.15. The van der Waals surface area contributed by atoms with Crippen LogP contribution < -0.4 is 0 Å². The van der Waals surface area contributed by atoms with Crippen LogP contribution in [0.25, 0.3) is 0 Å². The Morgan fingerprint density at radius 3 is 2.62 bits per heavy atom. The van der Waals surface area contributed by atoms with Crippen molar-refractivity contribution in [3.8, 4) is 0 Å². The van der Waals surface area contributed by atoms with Crippen molar-refractivity contribution in [1.29, 1.82) is 0 Å². The molecule has 8 nitrogen and oxygen atoms in total. The molecule has 2 aliphatic heterocycles. The number of benzene rings is 1. The van der Waals surface area contributed by atoms with Gasteiger partial charge in [-0.15, -0.1) is 0 Å². The van der Waals surface area contributed by atoms with E-state index >= 15 is 0 Å². The van der Waals surface area contributed by atoms with E-state index < -0.39 is 16.9 Å². The fourth-order valence-corrected chi connectivity index (χ4v) is 3.23. The Morgan fingerprint density at radius 2 is 2.04 bits per heavy atom. The fourth-order valence-electron chi connectivity index (χ4n) is 3.23. The summed E-state index contributed by atoms with van der Waals surface area (Å²) < 4.78 is 5.14. The molecule has 1 fully saturated rings. The summed E-state index contributed by atoms with van der Waals surface area (Å²) in [5.41, 5.74) is 1.64. The van der Waals surface area contributed by atoms with Crippen LogP contribution in [0.1, 0.15) is 31.9 Å². The molecule has 1 saturated heterocycles. The number of allylic oxidation sites excluding steroid dienone is 1. The Bertz CT molecular complexity index is 741. The molecule has 1 aromatic rings. The number of non-ortho nitro benzene ring substituents is 1. The summed E-state index contributed by atoms with van der Waals surface area (Å²) in [5, 5.41) is 14.2. The fraction of sp³-hybridized carbons (Fsp3) is 0.375. The molecule has 0 radical (unpaired) electrons. The zero-order chi connectivity index (χ0) is 17.4. The predicted octanol–water partition coefficient (Wildman–Crippen LogP) is 1.94. The van der Waals surface area contributed by atoms with Crippen LogP contribution in [0.15, 0.2) is 35.5 Å². The van der Waals surface area contributed by atoms with E-state index in [1.165, 1.54) is 17.1 Å². The second-order valence-electron chi connectivity index (χ2n) is 5.59. The summed E-state index contributed by atoms with van der Waals surface area (Å²) in [6, 6.07) is 5.54. The van der Waals surface area contributed by atoms with Crippen LogP contribution in [0.5, 0.6) is 0 Å². The molecule has 8 heteroatoms. The molecule has 2 aliphatic rings. The largest absolute Gasteiger partial charge is 0.463 e. The lowest BCUT2D eigenvalue weighted by molar-refractivity contribution is -0.384. The van der Waals surface area contributed by atoms with Gasteiger partial charge in [0, 0.05) is 30.8 Å². The number of esters is 1. The van der Waals surface area contributed by atoms with E-state index in [4.69, 9.17) is 4.74 Å². The van der Waals surface area contributed by atoms with Crippen molar-refractivity contribution in [2.45, 2.75) is 26.3 Å². The highest BCUT2D eigenvalue weighted by Gasteiger charge is 2.47. The molecular weight excluding hydrogens is 314 g/mol. The van der Waals surface area contributed by atoms with E-state index in [9.17, 15) is 19.7 Å². The van der Waals surface area contributed by atoms with Crippen molar-refractivity contribution in [2.75, 3.05) is 13.2 Å². The van der Waals surface area contributed by atoms with E-state index in [1.807, 2.05) is 5.01 Å². The van der Waals surface area contributed by atoms with Crippen LogP contribution in [-0.4, -0.2) is 40.0 Å². The van der Waals surface area contributed by atoms with Crippen LogP contribution in [0, 0.1) is 10.1 Å². The molecule has 1 unspecified atom stereocenters. The topological polar surface area (TPSA) is 93.0 Å². The maximum Gasteiger partial charge on any atom is 0.337 e. The minimum Gasteiger partial charge on any atom is -0.463 e. The molecule has 1 atom stereocenters. The van der Waals surface area contributed by atoms with Gasteiger partial charge in [-0.1, -0.05) is 12.1 Å². The summed E-state index contributed by atoms with van der Waals surface area (Å²) in [6.07, 6.45) is 0.372. The van der Waals surface area contributed by atoms with Crippen molar-refractivity contribution in [3.63, 3.8) is 0 Å². The Kier molecular flexibility index (Phi) is 4.06. The molecule has 24 heavy (non-hydrogen) atoms. The van der Waals surface area contributed by atoms with Gasteiger partial charge in [-0.05, 0) is 19.4 Å². The van der Waals surface area contributed by atoms with Gasteiger partial charge in [-0.2, -0.15) is 0 Å². The van der Waals surface area contributed by atoms with Crippen molar-refractivity contribution >= 4 is 17.6 Å². The number of nitro benzene ring substituents is 1. The first-order valence-corrected chi connectivity index (χ1v) is 7.67. The third-order valence-electron chi connectivity index (χ3n) is 4.24. The number of fused-ring (bicyclic) bond motifs is 1. The first kappa shape index (κ1) is 16.1. The molecule has 1 aromatic carbocycles. The third kappa shape index (κ3) is 2.44. The van der Waals surface area contributed by atoms with Crippen LogP contribution in [-0.2, 0) is 14.3 Å². The summed E-state index contributed by atoms with van der Waals surface area (Å²) in [7, 11) is 0. The van der Waals surface area contributed by atoms with E-state index in [2.05, 4.69) is 0 Å². The zero-order valence-electron chi connectivity index (χ0n) is 13.4. The SMILES string of the molecule is CCOC(=O)C1=C(C)N2C(=O)CCN2C1c1ccc([N+](=O)[O-])cc1. The number of amides is 1. The first-order valence-electron chi connectivity index (χ1n) is 7.67. The lowest BCUT2D eigenvalue weighted by Gasteiger charge is -2.26. The van der Waals surface area contributed by atoms with Crippen molar-refractivity contribution in [1.82, 2.24) is 10.0 Å². The van der Waals surface area contributed by atoms with Crippen molar-refractivity contribution in [3.05, 3.63) is 51.2 Å². The highest BCUT2D eigenvalue weighted by molar-refractivity contribution is 5.94. The highest BCUT2D eigenvalue weighted by atomic mass is 16.6. The number of carbonyl (C=O) groups excluding carboxylic acids is 2. The summed E-state index contributed by atoms with van der Waals surface area (Å²) >= 11 is 0. The average molecular weight is 331 g/mol. The molecule has 1 amide bonds. The zero-order valence-corrected chi connectivity index (χ0v) is 13.4. The minimum absolute atomic E-state index is 0.0236. The molecule has 0 aliphatic carbocycles. The second-order valence-corrected chi connectivity index (χ2v) is 5.59. The lowest BCUT2D eigenvalue weighted by Crippen LogP contribution is -2.34. The lowest BCUT2D eigenvalue weighted by atomic mass is 9.97. The molecule has 0 saturated carbocycles. The van der Waals surface area contributed by atoms with Crippen molar-refractivity contribution in [2.24, 2.45) is 0 Å². The maximum absolute atomic E-state index is 12.4. The first-order chi connectivity index (χ1) is 11.5. The van der Waals surface area contributed by atoms with Gasteiger partial charge in [0.05, 0.1) is 23.1 Å². The van der Waals surface area contributed by atoms with Crippen LogP contribution in [0.4, 0.5) is 5.69 Å². The minimum atomic E-state index is -0.476. The van der Waals surface area contributed by atoms with E-state index in [-0.39, 0.29) is 18.2 Å². The third-order valence-corrected chi connectivity index (χ3v) is 4.24. The number of hydrazine groups is 1. The number of hydrogen-bond donors (Lipinski definition) is 0. The number of nitrogens with zero attached hydrogens (tertiary/aromatic N) is 3. The Hall–Kier alpha value is -2.74. The van der Waals surface area contributed by atoms with Gasteiger partial charge < -0.3 is 4.74 Å². The Labute approximate surface area is 138 Å². The Balaban J connectivity index is 2.04. The second kappa shape index (κ2) is 6.04. The van der Waals surface area contributed by atoms with Crippen molar-refractivity contribution < 1.29 is 19.2 Å². The van der Waals surface area contributed by atoms with Gasteiger partial charge in [0.1, 0.15) is 0 Å². The predicted molar refractivity (Wildman–Crippen MR) is 83.3 cm³/mol. The van der Waals surface area contributed by atoms with Gasteiger partial charge in [-0.3, -0.25) is 14.9 Å². The smallest absolute Gasteiger partial charge is 0.337 e. The number of carbonyl (C=O) groups is 2. The number of ether oxygens (including phenoxy) is 1. The standard InChI is InChI=1S/C16H17N3O5/c1-3-24-16(21)14-10(2)18-13(20)8-9-17(18)15(14)11-4-6-12(7-5-11)19(22)23/h4-7,15H,3,8-9H2,1-2H3. The van der Waals surface area contributed by atoms with E-state index in [0.29, 0.717) is 29.8 Å². The number of nitro groups is 1. The quantitative estimate of drug-likeness (QED) is 0.475. The normalized spacial score (nSPS) is 20.5. The molecule has 0 spiro atoms. The van der Waals surface area contributed by atoms with E-state index in [1.54, 1.807) is 26.0 Å². The van der Waals surface area contributed by atoms with Gasteiger partial charge in [0.15, 0.2) is 0 Å². The molecule has 126 valence electrons. The van der Waals surface area contributed by atoms with Crippen LogP contribution in [0.2, 0.25) is 0 Å². The van der Waals surface area contributed by atoms with E-state index in [0.717, 1.165) is 0 Å². The molecular formula is C16H17N3O5. The molecule has 0 bridgehead atoms. The van der Waals surface area contributed by atoms with Gasteiger partial charge in [0.25, 0.3) is 5.69 Å². The molecule has 0 N–H and O–H groups in total. The number of hydrogen-bond acceptors (Lipinski definition) is 6. The number of rotatable bonds is 4. The highest BCUT2D eigenvalue weighted by Crippen LogP contribution is 2.43. The van der Waals surface area contributed by atoms with Gasteiger partial charge in [-0.25, -0.2) is 14.8 Å². The molecule has 0 aromatic heterocycles. The summed E-state index contributed by atoms with van der Waals surface area (Å²) in [4.78, 5) is 34.9. The average Bonchev–Trinajstić information content (AvgIpc) is 3.06. The Morgan fingerprint density at radius 1 is 1.38 bits per heavy atom.